The van der Waals surface area contributed by atoms with Gasteiger partial charge < -0.3 is 14.2 Å². The SMILES string of the molecule is CO[C@H]1[C@H](N(C)Cc2ccncc2C)COC[C@H]1OC. The van der Waals surface area contributed by atoms with Gasteiger partial charge >= 0.3 is 0 Å². The first kappa shape index (κ1) is 15.4. The lowest BCUT2D eigenvalue weighted by molar-refractivity contribution is -0.153. The van der Waals surface area contributed by atoms with Crippen molar-refractivity contribution in [1.82, 2.24) is 9.88 Å². The van der Waals surface area contributed by atoms with Crippen LogP contribution in [-0.4, -0.2) is 62.6 Å². The molecule has 2 rings (SSSR count). The molecule has 2 heterocycles. The minimum atomic E-state index is -0.0141. The van der Waals surface area contributed by atoms with Crippen LogP contribution in [0.5, 0.6) is 0 Å². The van der Waals surface area contributed by atoms with Crippen molar-refractivity contribution in [3.8, 4) is 0 Å². The van der Waals surface area contributed by atoms with Gasteiger partial charge in [0.15, 0.2) is 0 Å². The fourth-order valence-electron chi connectivity index (χ4n) is 2.70. The highest BCUT2D eigenvalue weighted by Gasteiger charge is 2.36. The zero-order chi connectivity index (χ0) is 14.5. The van der Waals surface area contributed by atoms with Crippen LogP contribution in [0.4, 0.5) is 0 Å². The summed E-state index contributed by atoms with van der Waals surface area (Å²) in [6, 6.07) is 2.25. The number of pyridine rings is 1. The molecule has 1 aromatic rings. The van der Waals surface area contributed by atoms with Crippen LogP contribution in [0.1, 0.15) is 11.1 Å². The van der Waals surface area contributed by atoms with Crippen molar-refractivity contribution in [3.63, 3.8) is 0 Å². The van der Waals surface area contributed by atoms with Crippen LogP contribution in [0.3, 0.4) is 0 Å². The Kier molecular flexibility index (Phi) is 5.48. The van der Waals surface area contributed by atoms with E-state index in [9.17, 15) is 0 Å². The van der Waals surface area contributed by atoms with E-state index in [0.717, 1.165) is 6.54 Å². The predicted octanol–water partition coefficient (Wildman–Crippen LogP) is 1.25. The normalized spacial score (nSPS) is 26.9. The number of aromatic nitrogens is 1. The fourth-order valence-corrected chi connectivity index (χ4v) is 2.70. The van der Waals surface area contributed by atoms with E-state index >= 15 is 0 Å². The van der Waals surface area contributed by atoms with Gasteiger partial charge in [0.25, 0.3) is 0 Å². The molecule has 1 aliphatic rings. The molecule has 3 atom stereocenters. The van der Waals surface area contributed by atoms with Crippen LogP contribution in [0.25, 0.3) is 0 Å². The van der Waals surface area contributed by atoms with Gasteiger partial charge in [-0.25, -0.2) is 0 Å². The van der Waals surface area contributed by atoms with Gasteiger partial charge in [0, 0.05) is 33.2 Å². The second-order valence-electron chi connectivity index (χ2n) is 5.30. The smallest absolute Gasteiger partial charge is 0.108 e. The summed E-state index contributed by atoms with van der Waals surface area (Å²) in [4.78, 5) is 6.40. The Morgan fingerprint density at radius 1 is 1.35 bits per heavy atom. The van der Waals surface area contributed by atoms with Gasteiger partial charge in [-0.15, -0.1) is 0 Å². The lowest BCUT2D eigenvalue weighted by atomic mass is 10.0. The van der Waals surface area contributed by atoms with Crippen LogP contribution in [0.2, 0.25) is 0 Å². The highest BCUT2D eigenvalue weighted by molar-refractivity contribution is 5.21. The van der Waals surface area contributed by atoms with Crippen LogP contribution in [0.15, 0.2) is 18.5 Å². The lowest BCUT2D eigenvalue weighted by Gasteiger charge is -2.40. The number of hydrogen-bond donors (Lipinski definition) is 0. The molecule has 0 bridgehead atoms. The van der Waals surface area contributed by atoms with E-state index in [4.69, 9.17) is 14.2 Å². The van der Waals surface area contributed by atoms with Gasteiger partial charge in [-0.05, 0) is 31.2 Å². The first-order valence-corrected chi connectivity index (χ1v) is 6.90. The average molecular weight is 280 g/mol. The largest absolute Gasteiger partial charge is 0.377 e. The Hall–Kier alpha value is -1.01. The molecular formula is C15H24N2O3. The third kappa shape index (κ3) is 3.35. The van der Waals surface area contributed by atoms with Crippen molar-refractivity contribution in [2.24, 2.45) is 0 Å². The quantitative estimate of drug-likeness (QED) is 0.812. The maximum absolute atomic E-state index is 5.65. The summed E-state index contributed by atoms with van der Waals surface area (Å²) in [6.07, 6.45) is 3.74. The molecular weight excluding hydrogens is 256 g/mol. The second kappa shape index (κ2) is 7.13. The fraction of sp³-hybridized carbons (Fsp3) is 0.667. The Bertz CT molecular complexity index is 427. The standard InChI is InChI=1S/C15H24N2O3/c1-11-7-16-6-5-12(11)8-17(2)13-9-20-10-14(18-3)15(13)19-4/h5-7,13-15H,8-10H2,1-4H3/t13-,14-,15+/m1/s1. The predicted molar refractivity (Wildman–Crippen MR) is 76.6 cm³/mol. The molecule has 5 heteroatoms. The zero-order valence-corrected chi connectivity index (χ0v) is 12.7. The highest BCUT2D eigenvalue weighted by atomic mass is 16.6. The molecule has 0 saturated carbocycles. The van der Waals surface area contributed by atoms with E-state index in [-0.39, 0.29) is 18.2 Å². The van der Waals surface area contributed by atoms with Crippen LogP contribution in [0, 0.1) is 6.92 Å². The Morgan fingerprint density at radius 3 is 2.80 bits per heavy atom. The van der Waals surface area contributed by atoms with E-state index in [2.05, 4.69) is 29.9 Å². The molecule has 5 nitrogen and oxygen atoms in total. The second-order valence-corrected chi connectivity index (χ2v) is 5.30. The first-order valence-electron chi connectivity index (χ1n) is 6.90. The molecule has 112 valence electrons. The molecule has 20 heavy (non-hydrogen) atoms. The Balaban J connectivity index is 2.07. The maximum atomic E-state index is 5.65. The first-order chi connectivity index (χ1) is 9.67. The summed E-state index contributed by atoms with van der Waals surface area (Å²) in [6.45, 7) is 4.19. The van der Waals surface area contributed by atoms with E-state index in [1.54, 1.807) is 14.2 Å². The van der Waals surface area contributed by atoms with Crippen molar-refractivity contribution < 1.29 is 14.2 Å². The molecule has 0 aliphatic carbocycles. The van der Waals surface area contributed by atoms with Crippen molar-refractivity contribution >= 4 is 0 Å². The highest BCUT2D eigenvalue weighted by Crippen LogP contribution is 2.20. The molecule has 0 spiro atoms. The summed E-state index contributed by atoms with van der Waals surface area (Å²) < 4.78 is 16.7. The monoisotopic (exact) mass is 280 g/mol. The summed E-state index contributed by atoms with van der Waals surface area (Å²) >= 11 is 0. The molecule has 1 aromatic heterocycles. The van der Waals surface area contributed by atoms with Crippen molar-refractivity contribution in [2.75, 3.05) is 34.5 Å². The molecule has 0 unspecified atom stereocenters. The molecule has 1 fully saturated rings. The summed E-state index contributed by atoms with van der Waals surface area (Å²) in [5.41, 5.74) is 2.48. The molecule has 1 saturated heterocycles. The number of methoxy groups -OCH3 is 2. The number of aryl methyl sites for hydroxylation is 1. The third-order valence-corrected chi connectivity index (χ3v) is 4.01. The summed E-state index contributed by atoms with van der Waals surface area (Å²) in [5.74, 6) is 0. The van der Waals surface area contributed by atoms with Crippen molar-refractivity contribution in [3.05, 3.63) is 29.6 Å². The Morgan fingerprint density at radius 2 is 2.15 bits per heavy atom. The average Bonchev–Trinajstić information content (AvgIpc) is 2.48. The van der Waals surface area contributed by atoms with E-state index in [1.165, 1.54) is 11.1 Å². The van der Waals surface area contributed by atoms with Crippen molar-refractivity contribution in [2.45, 2.75) is 31.7 Å². The molecule has 0 radical (unpaired) electrons. The van der Waals surface area contributed by atoms with Gasteiger partial charge in [0.05, 0.1) is 19.3 Å². The number of ether oxygens (including phenoxy) is 3. The van der Waals surface area contributed by atoms with Gasteiger partial charge in [-0.3, -0.25) is 9.88 Å². The summed E-state index contributed by atoms with van der Waals surface area (Å²) in [7, 11) is 5.54. The number of rotatable bonds is 5. The molecule has 0 N–H and O–H groups in total. The lowest BCUT2D eigenvalue weighted by Crippen LogP contribution is -2.56. The van der Waals surface area contributed by atoms with Crippen LogP contribution < -0.4 is 0 Å². The minimum absolute atomic E-state index is 0.0141. The molecule has 0 amide bonds. The zero-order valence-electron chi connectivity index (χ0n) is 12.7. The number of hydrogen-bond acceptors (Lipinski definition) is 5. The van der Waals surface area contributed by atoms with Gasteiger partial charge in [0.1, 0.15) is 12.2 Å². The van der Waals surface area contributed by atoms with Gasteiger partial charge in [-0.1, -0.05) is 0 Å². The topological polar surface area (TPSA) is 43.8 Å². The third-order valence-electron chi connectivity index (χ3n) is 4.01. The van der Waals surface area contributed by atoms with Gasteiger partial charge in [-0.2, -0.15) is 0 Å². The van der Waals surface area contributed by atoms with Crippen LogP contribution >= 0.6 is 0 Å². The summed E-state index contributed by atoms with van der Waals surface area (Å²) in [5, 5.41) is 0. The number of nitrogens with zero attached hydrogens (tertiary/aromatic N) is 2. The van der Waals surface area contributed by atoms with Crippen LogP contribution in [-0.2, 0) is 20.8 Å². The van der Waals surface area contributed by atoms with E-state index in [1.807, 2.05) is 12.4 Å². The molecule has 0 aromatic carbocycles. The van der Waals surface area contributed by atoms with Crippen molar-refractivity contribution in [1.29, 1.82) is 0 Å². The van der Waals surface area contributed by atoms with Gasteiger partial charge in [0.2, 0.25) is 0 Å². The van der Waals surface area contributed by atoms with E-state index in [0.29, 0.717) is 13.2 Å². The van der Waals surface area contributed by atoms with E-state index < -0.39 is 0 Å². The maximum Gasteiger partial charge on any atom is 0.108 e. The minimum Gasteiger partial charge on any atom is -0.377 e. The Labute approximate surface area is 120 Å². The number of likely N-dealkylation sites (N-methyl/N-ethyl adjacent to an activating group) is 1. The molecule has 1 aliphatic heterocycles.